The highest BCUT2D eigenvalue weighted by molar-refractivity contribution is 7.83. The van der Waals surface area contributed by atoms with Crippen molar-refractivity contribution in [3.8, 4) is 0 Å². The van der Waals surface area contributed by atoms with Crippen LogP contribution < -0.4 is 4.72 Å². The zero-order valence-electron chi connectivity index (χ0n) is 16.8. The van der Waals surface area contributed by atoms with Crippen LogP contribution in [0, 0.1) is 11.8 Å². The van der Waals surface area contributed by atoms with Crippen molar-refractivity contribution in [2.75, 3.05) is 20.1 Å². The van der Waals surface area contributed by atoms with Crippen molar-refractivity contribution in [3.63, 3.8) is 0 Å². The number of nitrogens with one attached hydrogen (secondary N) is 1. The van der Waals surface area contributed by atoms with Gasteiger partial charge in [0.05, 0.1) is 5.60 Å². The van der Waals surface area contributed by atoms with Gasteiger partial charge in [0, 0.05) is 25.0 Å². The van der Waals surface area contributed by atoms with Crippen LogP contribution >= 0.6 is 0 Å². The number of nitrogens with zero attached hydrogens (tertiary/aromatic N) is 1. The third-order valence-corrected chi connectivity index (χ3v) is 7.20. The molecule has 0 aromatic heterocycles. The van der Waals surface area contributed by atoms with Crippen molar-refractivity contribution in [2.45, 2.75) is 63.0 Å². The Hall–Kier alpha value is -0.990. The first-order valence-electron chi connectivity index (χ1n) is 10.5. The zero-order chi connectivity index (χ0) is 20.2. The Morgan fingerprint density at radius 2 is 1.71 bits per heavy atom. The van der Waals surface area contributed by atoms with Gasteiger partial charge >= 0.3 is 10.3 Å². The summed E-state index contributed by atoms with van der Waals surface area (Å²) < 4.78 is 31.3. The molecule has 0 amide bonds. The van der Waals surface area contributed by atoms with E-state index in [0.717, 1.165) is 57.2 Å². The monoisotopic (exact) mass is 410 g/mol. The van der Waals surface area contributed by atoms with E-state index in [9.17, 15) is 13.5 Å². The van der Waals surface area contributed by atoms with E-state index in [2.05, 4.69) is 28.8 Å². The molecule has 28 heavy (non-hydrogen) atoms. The average molecular weight is 411 g/mol. The summed E-state index contributed by atoms with van der Waals surface area (Å²) >= 11 is 0. The number of hydrogen-bond acceptors (Lipinski definition) is 4. The highest BCUT2D eigenvalue weighted by Crippen LogP contribution is 2.47. The summed E-state index contributed by atoms with van der Waals surface area (Å²) in [7, 11) is -1.80. The van der Waals surface area contributed by atoms with E-state index in [-0.39, 0.29) is 6.04 Å². The van der Waals surface area contributed by atoms with E-state index < -0.39 is 15.9 Å². The second-order valence-electron chi connectivity index (χ2n) is 8.70. The molecule has 1 aromatic carbocycles. The van der Waals surface area contributed by atoms with Crippen LogP contribution in [0.15, 0.2) is 30.3 Å². The summed E-state index contributed by atoms with van der Waals surface area (Å²) in [6, 6.07) is 10.2. The van der Waals surface area contributed by atoms with Gasteiger partial charge in [0.25, 0.3) is 0 Å². The van der Waals surface area contributed by atoms with Gasteiger partial charge in [0.15, 0.2) is 0 Å². The highest BCUT2D eigenvalue weighted by Gasteiger charge is 2.48. The van der Waals surface area contributed by atoms with Crippen molar-refractivity contribution < 1.29 is 18.1 Å². The number of fused-ring (bicyclic) bond motifs is 1. The lowest BCUT2D eigenvalue weighted by atomic mass is 9.67. The Balaban J connectivity index is 0.000000178. The maximum atomic E-state index is 11.1. The first kappa shape index (κ1) is 21.7. The molecule has 0 bridgehead atoms. The maximum Gasteiger partial charge on any atom is 0.333 e. The molecule has 3 aliphatic rings. The Labute approximate surface area is 169 Å². The topological polar surface area (TPSA) is 89.9 Å². The van der Waals surface area contributed by atoms with Crippen LogP contribution in [0.2, 0.25) is 0 Å². The van der Waals surface area contributed by atoms with Gasteiger partial charge in [0.1, 0.15) is 0 Å². The zero-order valence-corrected chi connectivity index (χ0v) is 17.6. The van der Waals surface area contributed by atoms with Crippen LogP contribution in [-0.2, 0) is 15.9 Å². The number of hydrogen-bond donors (Lipinski definition) is 3. The number of benzene rings is 1. The third-order valence-electron chi connectivity index (χ3n) is 6.56. The molecule has 3 N–H and O–H groups in total. The molecule has 1 heterocycles. The van der Waals surface area contributed by atoms with Gasteiger partial charge in [-0.1, -0.05) is 49.6 Å². The molecule has 1 saturated heterocycles. The first-order chi connectivity index (χ1) is 13.3. The van der Waals surface area contributed by atoms with Crippen molar-refractivity contribution in [3.05, 3.63) is 35.9 Å². The summed E-state index contributed by atoms with van der Waals surface area (Å²) in [5.74, 6) is 1.10. The van der Waals surface area contributed by atoms with Gasteiger partial charge in [-0.2, -0.15) is 13.1 Å². The smallest absolute Gasteiger partial charge is 0.333 e. The fourth-order valence-electron chi connectivity index (χ4n) is 5.26. The summed E-state index contributed by atoms with van der Waals surface area (Å²) in [5, 5.41) is 11.1. The van der Waals surface area contributed by atoms with Gasteiger partial charge < -0.3 is 10.0 Å². The SMILES string of the molecule is CN1C[C@H]2CCC[C@@](O)(c3ccccc3)[C@H]2C1.O=S(=O)(O)NC1CCCCC1. The molecule has 7 heteroatoms. The van der Waals surface area contributed by atoms with E-state index >= 15 is 0 Å². The van der Waals surface area contributed by atoms with E-state index in [1.807, 2.05) is 18.2 Å². The molecule has 0 radical (unpaired) electrons. The Morgan fingerprint density at radius 3 is 2.36 bits per heavy atom. The standard InChI is InChI=1S/C15H21NO.C6H13NO3S/c1-16-10-12-6-5-9-15(17,14(12)11-16)13-7-3-2-4-8-13;8-11(9,10)7-6-4-2-1-3-5-6/h2-4,7-8,12,14,17H,5-6,9-11H2,1H3;6-7H,1-5H2,(H,8,9,10)/t12-,14+,15-;/m1./s1. The molecule has 158 valence electrons. The minimum Gasteiger partial charge on any atom is -0.385 e. The van der Waals surface area contributed by atoms with Crippen LogP contribution in [0.25, 0.3) is 0 Å². The third kappa shape index (κ3) is 5.54. The van der Waals surface area contributed by atoms with Crippen LogP contribution in [-0.4, -0.2) is 49.2 Å². The quantitative estimate of drug-likeness (QED) is 0.667. The molecule has 3 fully saturated rings. The fraction of sp³-hybridized carbons (Fsp3) is 0.714. The average Bonchev–Trinajstić information content (AvgIpc) is 3.05. The molecular weight excluding hydrogens is 376 g/mol. The molecule has 2 saturated carbocycles. The predicted octanol–water partition coefficient (Wildman–Crippen LogP) is 2.95. The minimum atomic E-state index is -3.97. The van der Waals surface area contributed by atoms with Crippen LogP contribution in [0.3, 0.4) is 0 Å². The molecule has 1 aliphatic heterocycles. The molecule has 2 aliphatic carbocycles. The van der Waals surface area contributed by atoms with Gasteiger partial charge in [-0.25, -0.2) is 0 Å². The van der Waals surface area contributed by atoms with Crippen molar-refractivity contribution in [1.29, 1.82) is 0 Å². The van der Waals surface area contributed by atoms with Gasteiger partial charge in [-0.3, -0.25) is 4.55 Å². The van der Waals surface area contributed by atoms with Gasteiger partial charge in [0.2, 0.25) is 0 Å². The summed E-state index contributed by atoms with van der Waals surface area (Å²) in [6.07, 6.45) is 8.32. The summed E-state index contributed by atoms with van der Waals surface area (Å²) in [5.41, 5.74) is 0.527. The second kappa shape index (κ2) is 9.22. The Bertz CT molecular complexity index is 721. The van der Waals surface area contributed by atoms with E-state index in [1.165, 1.54) is 12.8 Å². The Morgan fingerprint density at radius 1 is 1.04 bits per heavy atom. The molecule has 0 unspecified atom stereocenters. The van der Waals surface area contributed by atoms with E-state index in [1.54, 1.807) is 0 Å². The lowest BCUT2D eigenvalue weighted by molar-refractivity contribution is -0.0645. The van der Waals surface area contributed by atoms with Gasteiger partial charge in [-0.05, 0) is 50.6 Å². The second-order valence-corrected chi connectivity index (χ2v) is 9.88. The molecule has 0 spiro atoms. The predicted molar refractivity (Wildman–Crippen MR) is 110 cm³/mol. The highest BCUT2D eigenvalue weighted by atomic mass is 32.2. The van der Waals surface area contributed by atoms with Crippen LogP contribution in [0.5, 0.6) is 0 Å². The lowest BCUT2D eigenvalue weighted by Gasteiger charge is -2.41. The van der Waals surface area contributed by atoms with Crippen molar-refractivity contribution >= 4 is 10.3 Å². The fourth-order valence-corrected chi connectivity index (χ4v) is 5.91. The molecule has 3 atom stereocenters. The number of rotatable bonds is 3. The number of aliphatic hydroxyl groups is 1. The molecule has 1 aromatic rings. The van der Waals surface area contributed by atoms with Crippen molar-refractivity contribution in [2.24, 2.45) is 11.8 Å². The molecular formula is C21H34N2O4S. The first-order valence-corrected chi connectivity index (χ1v) is 11.9. The van der Waals surface area contributed by atoms with E-state index in [4.69, 9.17) is 4.55 Å². The van der Waals surface area contributed by atoms with Crippen LogP contribution in [0.1, 0.15) is 56.9 Å². The molecule has 4 rings (SSSR count). The Kier molecular flexibility index (Phi) is 7.15. The largest absolute Gasteiger partial charge is 0.385 e. The normalized spacial score (nSPS) is 31.7. The summed E-state index contributed by atoms with van der Waals surface area (Å²) in [6.45, 7) is 2.19. The summed E-state index contributed by atoms with van der Waals surface area (Å²) in [4.78, 5) is 2.37. The van der Waals surface area contributed by atoms with Crippen LogP contribution in [0.4, 0.5) is 0 Å². The van der Waals surface area contributed by atoms with Gasteiger partial charge in [-0.15, -0.1) is 0 Å². The number of likely N-dealkylation sites (tertiary alicyclic amines) is 1. The lowest BCUT2D eigenvalue weighted by Crippen LogP contribution is -2.42. The molecule has 6 nitrogen and oxygen atoms in total. The maximum absolute atomic E-state index is 11.1. The van der Waals surface area contributed by atoms with Crippen molar-refractivity contribution in [1.82, 2.24) is 9.62 Å². The van der Waals surface area contributed by atoms with E-state index in [0.29, 0.717) is 11.8 Å². The minimum absolute atomic E-state index is 0.0428.